The third-order valence-corrected chi connectivity index (χ3v) is 4.79. The molecule has 2 rings (SSSR count). The molecule has 0 aliphatic heterocycles. The van der Waals surface area contributed by atoms with Gasteiger partial charge in [-0.25, -0.2) is 0 Å². The molecular weight excluding hydrogens is 290 g/mol. The average Bonchev–Trinajstić information content (AvgIpc) is 2.58. The van der Waals surface area contributed by atoms with E-state index in [-0.39, 0.29) is 0 Å². The van der Waals surface area contributed by atoms with Gasteiger partial charge in [-0.2, -0.15) is 0 Å². The highest BCUT2D eigenvalue weighted by Gasteiger charge is 2.12. The highest BCUT2D eigenvalue weighted by molar-refractivity contribution is 5.67. The highest BCUT2D eigenvalue weighted by atomic mass is 15.2. The molecule has 0 saturated carbocycles. The van der Waals surface area contributed by atoms with E-state index in [1.165, 1.54) is 48.9 Å². The maximum Gasteiger partial charge on any atom is 0.00412 e. The summed E-state index contributed by atoms with van der Waals surface area (Å²) in [6.45, 7) is 10.4. The lowest BCUT2D eigenvalue weighted by Gasteiger charge is -2.30. The Labute approximate surface area is 148 Å². The predicted octanol–water partition coefficient (Wildman–Crippen LogP) is 6.19. The van der Waals surface area contributed by atoms with Crippen molar-refractivity contribution in [1.29, 1.82) is 0 Å². The van der Waals surface area contributed by atoms with Gasteiger partial charge >= 0.3 is 0 Å². The van der Waals surface area contributed by atoms with Crippen molar-refractivity contribution in [3.05, 3.63) is 60.2 Å². The minimum Gasteiger partial charge on any atom is -0.299 e. The van der Waals surface area contributed by atoms with Gasteiger partial charge in [-0.15, -0.1) is 0 Å². The first kappa shape index (κ1) is 18.7. The first-order valence-electron chi connectivity index (χ1n) is 9.48. The van der Waals surface area contributed by atoms with Gasteiger partial charge in [0, 0.05) is 12.1 Å². The lowest BCUT2D eigenvalue weighted by atomic mass is 9.96. The zero-order valence-electron chi connectivity index (χ0n) is 15.8. The van der Waals surface area contributed by atoms with E-state index in [1.54, 1.807) is 0 Å². The first-order valence-corrected chi connectivity index (χ1v) is 9.48. The molecule has 0 aliphatic carbocycles. The molecule has 0 saturated heterocycles. The van der Waals surface area contributed by atoms with E-state index in [0.29, 0.717) is 12.1 Å². The normalized spacial score (nSPS) is 11.6. The number of aryl methyl sites for hydroxylation is 1. The summed E-state index contributed by atoms with van der Waals surface area (Å²) >= 11 is 0. The zero-order chi connectivity index (χ0) is 17.4. The third kappa shape index (κ3) is 5.49. The number of unbranched alkanes of at least 4 members (excludes halogenated alkanes) is 2. The minimum atomic E-state index is 0.642. The van der Waals surface area contributed by atoms with Crippen LogP contribution in [0.3, 0.4) is 0 Å². The summed E-state index contributed by atoms with van der Waals surface area (Å²) in [4.78, 5) is 2.60. The maximum atomic E-state index is 2.60. The van der Waals surface area contributed by atoms with Crippen LogP contribution in [-0.2, 0) is 6.42 Å². The maximum absolute atomic E-state index is 2.60. The fourth-order valence-electron chi connectivity index (χ4n) is 3.54. The van der Waals surface area contributed by atoms with Crippen molar-refractivity contribution in [3.63, 3.8) is 0 Å². The molecule has 0 N–H and O–H groups in total. The second kappa shape index (κ2) is 9.64. The van der Waals surface area contributed by atoms with Crippen LogP contribution in [0.5, 0.6) is 0 Å². The number of hydrogen-bond donors (Lipinski definition) is 0. The van der Waals surface area contributed by atoms with Crippen molar-refractivity contribution in [1.82, 2.24) is 4.90 Å². The molecule has 2 aromatic rings. The van der Waals surface area contributed by atoms with Crippen molar-refractivity contribution in [2.24, 2.45) is 0 Å². The molecule has 130 valence electrons. The van der Waals surface area contributed by atoms with Crippen molar-refractivity contribution in [2.45, 2.75) is 65.5 Å². The molecule has 0 aromatic heterocycles. The van der Waals surface area contributed by atoms with Gasteiger partial charge in [0.1, 0.15) is 0 Å². The minimum absolute atomic E-state index is 0.642. The van der Waals surface area contributed by atoms with E-state index in [0.717, 1.165) is 0 Å². The van der Waals surface area contributed by atoms with E-state index in [2.05, 4.69) is 87.2 Å². The molecule has 1 heteroatoms. The van der Waals surface area contributed by atoms with Gasteiger partial charge in [0.05, 0.1) is 0 Å². The highest BCUT2D eigenvalue weighted by Crippen LogP contribution is 2.24. The smallest absolute Gasteiger partial charge is 0.00412 e. The van der Waals surface area contributed by atoms with Crippen molar-refractivity contribution in [2.75, 3.05) is 6.54 Å². The Morgan fingerprint density at radius 2 is 1.33 bits per heavy atom. The van der Waals surface area contributed by atoms with E-state index in [1.807, 2.05) is 0 Å². The molecule has 0 aliphatic rings. The molecular formula is C23H33N. The van der Waals surface area contributed by atoms with Crippen LogP contribution in [0.1, 0.15) is 52.5 Å². The molecule has 0 bridgehead atoms. The van der Waals surface area contributed by atoms with Gasteiger partial charge in [0.2, 0.25) is 0 Å². The lowest BCUT2D eigenvalue weighted by Crippen LogP contribution is -2.37. The summed E-state index contributed by atoms with van der Waals surface area (Å²) in [5.74, 6) is 0. The van der Waals surface area contributed by atoms with Gasteiger partial charge in [-0.05, 0) is 70.2 Å². The lowest BCUT2D eigenvalue weighted by molar-refractivity contribution is 0.171. The molecule has 0 heterocycles. The topological polar surface area (TPSA) is 3.24 Å². The Bertz CT molecular complexity index is 578. The summed E-state index contributed by atoms with van der Waals surface area (Å²) in [7, 11) is 0. The third-order valence-electron chi connectivity index (χ3n) is 4.79. The predicted molar refractivity (Wildman–Crippen MR) is 106 cm³/mol. The molecule has 0 unspecified atom stereocenters. The molecule has 1 nitrogen and oxygen atoms in total. The molecule has 24 heavy (non-hydrogen) atoms. The summed E-state index contributed by atoms with van der Waals surface area (Å²) in [6, 6.07) is 20.9. The first-order chi connectivity index (χ1) is 11.6. The second-order valence-corrected chi connectivity index (χ2v) is 7.26. The summed E-state index contributed by atoms with van der Waals surface area (Å²) in [6.07, 6.45) is 5.05. The van der Waals surface area contributed by atoms with Crippen LogP contribution < -0.4 is 0 Å². The molecule has 0 radical (unpaired) electrons. The fraction of sp³-hybridized carbons (Fsp3) is 0.478. The van der Waals surface area contributed by atoms with Gasteiger partial charge in [0.25, 0.3) is 0 Å². The quantitative estimate of drug-likeness (QED) is 0.498. The fourth-order valence-corrected chi connectivity index (χ4v) is 3.54. The van der Waals surface area contributed by atoms with Crippen LogP contribution in [0.15, 0.2) is 54.6 Å². The number of benzene rings is 2. The van der Waals surface area contributed by atoms with Crippen molar-refractivity contribution in [3.8, 4) is 11.1 Å². The monoisotopic (exact) mass is 323 g/mol. The number of nitrogens with zero attached hydrogens (tertiary/aromatic N) is 1. The summed E-state index contributed by atoms with van der Waals surface area (Å²) < 4.78 is 0. The van der Waals surface area contributed by atoms with Crippen LogP contribution in [-0.4, -0.2) is 23.5 Å². The molecule has 2 aromatic carbocycles. The van der Waals surface area contributed by atoms with Gasteiger partial charge in [-0.3, -0.25) is 4.90 Å². The van der Waals surface area contributed by atoms with E-state index >= 15 is 0 Å². The second-order valence-electron chi connectivity index (χ2n) is 7.26. The SMILES string of the molecule is CC(C)N(CCCCCc1ccccc1-c1ccccc1)C(C)C. The Kier molecular flexibility index (Phi) is 7.52. The van der Waals surface area contributed by atoms with Crippen molar-refractivity contribution < 1.29 is 0 Å². The zero-order valence-corrected chi connectivity index (χ0v) is 15.8. The van der Waals surface area contributed by atoms with Gasteiger partial charge in [0.15, 0.2) is 0 Å². The van der Waals surface area contributed by atoms with E-state index in [4.69, 9.17) is 0 Å². The number of rotatable bonds is 9. The Morgan fingerprint density at radius 1 is 0.708 bits per heavy atom. The van der Waals surface area contributed by atoms with E-state index in [9.17, 15) is 0 Å². The average molecular weight is 324 g/mol. The molecule has 0 atom stereocenters. The standard InChI is InChI=1S/C23H33N/c1-19(2)24(20(3)4)18-12-6-9-15-22-16-10-11-17-23(22)21-13-7-5-8-14-21/h5,7-8,10-11,13-14,16-17,19-20H,6,9,12,15,18H2,1-4H3. The summed E-state index contributed by atoms with van der Waals surface area (Å²) in [5, 5.41) is 0. The largest absolute Gasteiger partial charge is 0.299 e. The van der Waals surface area contributed by atoms with Crippen LogP contribution in [0.4, 0.5) is 0 Å². The summed E-state index contributed by atoms with van der Waals surface area (Å²) in [5.41, 5.74) is 4.20. The Hall–Kier alpha value is -1.60. The van der Waals surface area contributed by atoms with Crippen LogP contribution in [0.25, 0.3) is 11.1 Å². The van der Waals surface area contributed by atoms with Crippen molar-refractivity contribution >= 4 is 0 Å². The van der Waals surface area contributed by atoms with Crippen LogP contribution >= 0.6 is 0 Å². The van der Waals surface area contributed by atoms with Gasteiger partial charge < -0.3 is 0 Å². The van der Waals surface area contributed by atoms with Gasteiger partial charge in [-0.1, -0.05) is 61.0 Å². The Morgan fingerprint density at radius 3 is 2.00 bits per heavy atom. The Balaban J connectivity index is 1.85. The number of hydrogen-bond acceptors (Lipinski definition) is 1. The molecule has 0 amide bonds. The van der Waals surface area contributed by atoms with Crippen LogP contribution in [0, 0.1) is 0 Å². The van der Waals surface area contributed by atoms with E-state index < -0.39 is 0 Å². The van der Waals surface area contributed by atoms with Crippen LogP contribution in [0.2, 0.25) is 0 Å². The molecule has 0 fully saturated rings. The molecule has 0 spiro atoms.